The summed E-state index contributed by atoms with van der Waals surface area (Å²) in [6.07, 6.45) is 0.139. The van der Waals surface area contributed by atoms with Crippen LogP contribution in [0.4, 0.5) is 17.6 Å². The van der Waals surface area contributed by atoms with Gasteiger partial charge in [0.25, 0.3) is 0 Å². The Labute approximate surface area is 196 Å². The summed E-state index contributed by atoms with van der Waals surface area (Å²) in [4.78, 5) is 3.45. The maximum absolute atomic E-state index is 15.2. The quantitative estimate of drug-likeness (QED) is 0.433. The van der Waals surface area contributed by atoms with Crippen LogP contribution in [0.5, 0.6) is 0 Å². The molecule has 1 aliphatic rings. The summed E-state index contributed by atoms with van der Waals surface area (Å²) in [6.45, 7) is 6.50. The zero-order valence-electron chi connectivity index (χ0n) is 19.2. The van der Waals surface area contributed by atoms with Gasteiger partial charge in [-0.15, -0.1) is 0 Å². The standard InChI is InChI=1S/C24H27F4N3O2S/c1-23(2,3)14-31-13-15(12-30-34(32,33)16-6-4-7-16)18-10-20(25)19(11-21(18)31)17-8-5-9-29-22(17)24(26,27)28/h5,8-11,13,16,30H,4,6-7,12,14H2,1-3H3. The lowest BCUT2D eigenvalue weighted by atomic mass is 9.96. The van der Waals surface area contributed by atoms with Crippen molar-refractivity contribution in [3.63, 3.8) is 0 Å². The lowest BCUT2D eigenvalue weighted by molar-refractivity contribution is -0.140. The largest absolute Gasteiger partial charge is 0.433 e. The fourth-order valence-corrected chi connectivity index (χ4v) is 5.75. The molecule has 0 unspecified atom stereocenters. The number of nitrogens with one attached hydrogen (secondary N) is 1. The molecular weight excluding hydrogens is 470 g/mol. The molecule has 2 heterocycles. The van der Waals surface area contributed by atoms with E-state index >= 15 is 4.39 Å². The SMILES string of the molecule is CC(C)(C)Cn1cc(CNS(=O)(=O)C2CCC2)c2cc(F)c(-c3cccnc3C(F)(F)F)cc21. The third kappa shape index (κ3) is 4.98. The van der Waals surface area contributed by atoms with Crippen LogP contribution in [0.1, 0.15) is 51.3 Å². The Morgan fingerprint density at radius 2 is 1.85 bits per heavy atom. The Kier molecular flexibility index (Phi) is 6.27. The topological polar surface area (TPSA) is 64.0 Å². The van der Waals surface area contributed by atoms with Crippen LogP contribution in [-0.4, -0.2) is 23.2 Å². The molecule has 0 bridgehead atoms. The molecular formula is C24H27F4N3O2S. The molecule has 4 rings (SSSR count). The number of fused-ring (bicyclic) bond motifs is 1. The van der Waals surface area contributed by atoms with Crippen molar-refractivity contribution in [2.24, 2.45) is 5.41 Å². The predicted molar refractivity (Wildman–Crippen MR) is 123 cm³/mol. The van der Waals surface area contributed by atoms with Crippen LogP contribution in [0.15, 0.2) is 36.7 Å². The average molecular weight is 498 g/mol. The van der Waals surface area contributed by atoms with Crippen molar-refractivity contribution in [1.29, 1.82) is 0 Å². The molecule has 1 saturated carbocycles. The van der Waals surface area contributed by atoms with Gasteiger partial charge in [0, 0.05) is 47.5 Å². The van der Waals surface area contributed by atoms with E-state index in [2.05, 4.69) is 9.71 Å². The van der Waals surface area contributed by atoms with E-state index in [1.54, 1.807) is 6.20 Å². The van der Waals surface area contributed by atoms with Crippen molar-refractivity contribution in [1.82, 2.24) is 14.3 Å². The minimum atomic E-state index is -4.74. The fraction of sp³-hybridized carbons (Fsp3) is 0.458. The zero-order chi connectivity index (χ0) is 24.9. The smallest absolute Gasteiger partial charge is 0.347 e. The number of sulfonamides is 1. The van der Waals surface area contributed by atoms with Crippen molar-refractivity contribution in [2.75, 3.05) is 0 Å². The van der Waals surface area contributed by atoms with E-state index in [9.17, 15) is 21.6 Å². The molecule has 1 aromatic carbocycles. The fourth-order valence-electron chi connectivity index (χ4n) is 4.20. The van der Waals surface area contributed by atoms with E-state index < -0.39 is 33.0 Å². The van der Waals surface area contributed by atoms with Crippen LogP contribution in [0, 0.1) is 11.2 Å². The molecule has 0 atom stereocenters. The summed E-state index contributed by atoms with van der Waals surface area (Å²) >= 11 is 0. The molecule has 10 heteroatoms. The van der Waals surface area contributed by atoms with Gasteiger partial charge in [0.15, 0.2) is 5.69 Å². The van der Waals surface area contributed by atoms with E-state index in [0.717, 1.165) is 12.6 Å². The number of alkyl halides is 3. The Morgan fingerprint density at radius 1 is 1.15 bits per heavy atom. The number of rotatable bonds is 6. The van der Waals surface area contributed by atoms with Crippen molar-refractivity contribution in [3.05, 3.63) is 53.7 Å². The number of benzene rings is 1. The van der Waals surface area contributed by atoms with Gasteiger partial charge in [-0.1, -0.05) is 33.3 Å². The van der Waals surface area contributed by atoms with Crippen molar-refractivity contribution < 1.29 is 26.0 Å². The minimum absolute atomic E-state index is 0.0219. The third-order valence-electron chi connectivity index (χ3n) is 6.02. The van der Waals surface area contributed by atoms with Crippen LogP contribution in [0.2, 0.25) is 0 Å². The summed E-state index contributed by atoms with van der Waals surface area (Å²) in [5.74, 6) is -0.831. The Morgan fingerprint density at radius 3 is 2.44 bits per heavy atom. The first-order valence-electron chi connectivity index (χ1n) is 11.1. The molecule has 0 spiro atoms. The van der Waals surface area contributed by atoms with Crippen molar-refractivity contribution in [2.45, 2.75) is 64.5 Å². The van der Waals surface area contributed by atoms with E-state index in [1.807, 2.05) is 25.3 Å². The van der Waals surface area contributed by atoms with Crippen molar-refractivity contribution in [3.8, 4) is 11.1 Å². The van der Waals surface area contributed by atoms with Gasteiger partial charge in [-0.25, -0.2) is 17.5 Å². The maximum atomic E-state index is 15.2. The lowest BCUT2D eigenvalue weighted by Crippen LogP contribution is -2.38. The van der Waals surface area contributed by atoms with Crippen LogP contribution in [0.3, 0.4) is 0 Å². The van der Waals surface area contributed by atoms with Gasteiger partial charge in [0.2, 0.25) is 10.0 Å². The average Bonchev–Trinajstić information content (AvgIpc) is 2.98. The van der Waals surface area contributed by atoms with Gasteiger partial charge in [-0.2, -0.15) is 13.2 Å². The maximum Gasteiger partial charge on any atom is 0.433 e. The van der Waals surface area contributed by atoms with Crippen LogP contribution >= 0.6 is 0 Å². The molecule has 1 N–H and O–H groups in total. The van der Waals surface area contributed by atoms with Crippen LogP contribution in [-0.2, 0) is 29.3 Å². The van der Waals surface area contributed by atoms with Gasteiger partial charge < -0.3 is 4.57 Å². The summed E-state index contributed by atoms with van der Waals surface area (Å²) in [6, 6.07) is 5.12. The molecule has 1 aliphatic carbocycles. The first kappa shape index (κ1) is 24.7. The minimum Gasteiger partial charge on any atom is -0.347 e. The highest BCUT2D eigenvalue weighted by Gasteiger charge is 2.36. The first-order valence-corrected chi connectivity index (χ1v) is 12.6. The first-order chi connectivity index (χ1) is 15.8. The van der Waals surface area contributed by atoms with Crippen molar-refractivity contribution >= 4 is 20.9 Å². The lowest BCUT2D eigenvalue weighted by Gasteiger charge is -2.25. The van der Waals surface area contributed by atoms with Gasteiger partial charge in [0.05, 0.1) is 5.25 Å². The third-order valence-corrected chi connectivity index (χ3v) is 7.91. The Balaban J connectivity index is 1.82. The molecule has 34 heavy (non-hydrogen) atoms. The zero-order valence-corrected chi connectivity index (χ0v) is 20.0. The highest BCUT2D eigenvalue weighted by molar-refractivity contribution is 7.90. The number of hydrogen-bond acceptors (Lipinski definition) is 3. The van der Waals surface area contributed by atoms with Gasteiger partial charge >= 0.3 is 6.18 Å². The highest BCUT2D eigenvalue weighted by atomic mass is 32.2. The summed E-state index contributed by atoms with van der Waals surface area (Å²) in [5, 5.41) is 0.0457. The van der Waals surface area contributed by atoms with Crippen LogP contribution < -0.4 is 4.72 Å². The number of hydrogen-bond donors (Lipinski definition) is 1. The summed E-state index contributed by atoms with van der Waals surface area (Å²) < 4.78 is 85.3. The Bertz CT molecular complexity index is 1320. The predicted octanol–water partition coefficient (Wildman–Crippen LogP) is 5.88. The Hall–Kier alpha value is -2.46. The van der Waals surface area contributed by atoms with E-state index in [4.69, 9.17) is 0 Å². The van der Waals surface area contributed by atoms with E-state index in [-0.39, 0.29) is 23.1 Å². The summed E-state index contributed by atoms with van der Waals surface area (Å²) in [7, 11) is -3.49. The number of aromatic nitrogens is 2. The molecule has 0 saturated heterocycles. The normalized spacial score (nSPS) is 15.6. The monoisotopic (exact) mass is 497 g/mol. The van der Waals surface area contributed by atoms with E-state index in [0.29, 0.717) is 35.9 Å². The second kappa shape index (κ2) is 8.64. The van der Waals surface area contributed by atoms with Gasteiger partial charge in [0.1, 0.15) is 5.82 Å². The number of halogens is 4. The number of nitrogens with zero attached hydrogens (tertiary/aromatic N) is 2. The van der Waals surface area contributed by atoms with Gasteiger partial charge in [-0.05, 0) is 42.0 Å². The summed E-state index contributed by atoms with van der Waals surface area (Å²) in [5.41, 5.74) is -0.797. The molecule has 2 aromatic heterocycles. The second-order valence-corrected chi connectivity index (χ2v) is 12.1. The molecule has 0 radical (unpaired) electrons. The molecule has 0 amide bonds. The second-order valence-electron chi connectivity index (χ2n) is 10.0. The number of pyridine rings is 1. The molecule has 1 fully saturated rings. The molecule has 0 aliphatic heterocycles. The molecule has 184 valence electrons. The van der Waals surface area contributed by atoms with E-state index in [1.165, 1.54) is 24.3 Å². The molecule has 5 nitrogen and oxygen atoms in total. The van der Waals surface area contributed by atoms with Crippen LogP contribution in [0.25, 0.3) is 22.0 Å². The molecule has 3 aromatic rings. The highest BCUT2D eigenvalue weighted by Crippen LogP contribution is 2.38. The van der Waals surface area contributed by atoms with Gasteiger partial charge in [-0.3, -0.25) is 4.98 Å².